The Morgan fingerprint density at radius 3 is 2.73 bits per heavy atom. The maximum absolute atomic E-state index is 11.0. The van der Waals surface area contributed by atoms with Crippen molar-refractivity contribution in [2.45, 2.75) is 43.7 Å². The van der Waals surface area contributed by atoms with Crippen LogP contribution in [0.3, 0.4) is 0 Å². The fourth-order valence-corrected chi connectivity index (χ4v) is 4.03. The number of nitrogens with one attached hydrogen (secondary N) is 1. The van der Waals surface area contributed by atoms with Gasteiger partial charge in [0.25, 0.3) is 0 Å². The highest BCUT2D eigenvalue weighted by Gasteiger charge is 2.46. The zero-order valence-electron chi connectivity index (χ0n) is 13.3. The van der Waals surface area contributed by atoms with Gasteiger partial charge in [0.2, 0.25) is 0 Å². The van der Waals surface area contributed by atoms with E-state index in [9.17, 15) is 5.11 Å². The van der Waals surface area contributed by atoms with Crippen LogP contribution < -0.4 is 14.8 Å². The summed E-state index contributed by atoms with van der Waals surface area (Å²) in [6.45, 7) is 0.845. The van der Waals surface area contributed by atoms with E-state index in [1.165, 1.54) is 6.42 Å². The maximum atomic E-state index is 11.0. The Hall–Kier alpha value is -0.970. The van der Waals surface area contributed by atoms with E-state index < -0.39 is 5.60 Å². The van der Waals surface area contributed by atoms with Crippen molar-refractivity contribution < 1.29 is 14.6 Å². The molecule has 124 valence electrons. The highest BCUT2D eigenvalue weighted by molar-refractivity contribution is 5.85. The molecule has 3 unspecified atom stereocenters. The van der Waals surface area contributed by atoms with Gasteiger partial charge in [-0.05, 0) is 44.0 Å². The second-order valence-corrected chi connectivity index (χ2v) is 6.25. The molecule has 0 aromatic heterocycles. The fraction of sp³-hybridized carbons (Fsp3) is 0.647. The van der Waals surface area contributed by atoms with E-state index in [2.05, 4.69) is 5.32 Å². The van der Waals surface area contributed by atoms with Crippen molar-refractivity contribution >= 4 is 12.4 Å². The van der Waals surface area contributed by atoms with Gasteiger partial charge in [-0.15, -0.1) is 12.4 Å². The van der Waals surface area contributed by atoms with Crippen LogP contribution in [-0.2, 0) is 0 Å². The van der Waals surface area contributed by atoms with Gasteiger partial charge in [0.15, 0.2) is 0 Å². The van der Waals surface area contributed by atoms with E-state index in [1.54, 1.807) is 14.2 Å². The third-order valence-corrected chi connectivity index (χ3v) is 5.16. The molecular weight excluding hydrogens is 302 g/mol. The standard InChI is InChI=1S/C17H25NO3.ClH/c1-20-12-6-7-15(21-2)13(11-12)16-14-5-3-4-8-17(14,19)9-10-18-16;/h6-7,11,14,16,18-19H,3-5,8-10H2,1-2H3;1H. The predicted octanol–water partition coefficient (Wildman–Crippen LogP) is 3.08. The van der Waals surface area contributed by atoms with Gasteiger partial charge in [0, 0.05) is 17.5 Å². The van der Waals surface area contributed by atoms with Crippen LogP contribution >= 0.6 is 12.4 Å². The minimum atomic E-state index is -0.526. The zero-order valence-corrected chi connectivity index (χ0v) is 14.1. The van der Waals surface area contributed by atoms with Crippen molar-refractivity contribution in [3.63, 3.8) is 0 Å². The molecule has 3 atom stereocenters. The molecule has 0 amide bonds. The quantitative estimate of drug-likeness (QED) is 0.895. The van der Waals surface area contributed by atoms with Gasteiger partial charge >= 0.3 is 0 Å². The van der Waals surface area contributed by atoms with Crippen LogP contribution in [-0.4, -0.2) is 31.5 Å². The molecule has 1 aliphatic heterocycles. The van der Waals surface area contributed by atoms with E-state index >= 15 is 0 Å². The van der Waals surface area contributed by atoms with Gasteiger partial charge < -0.3 is 19.9 Å². The highest BCUT2D eigenvalue weighted by atomic mass is 35.5. The third kappa shape index (κ3) is 3.05. The lowest BCUT2D eigenvalue weighted by molar-refractivity contribution is -0.0863. The number of benzene rings is 1. The van der Waals surface area contributed by atoms with Crippen LogP contribution in [0.5, 0.6) is 11.5 Å². The maximum Gasteiger partial charge on any atom is 0.123 e. The first-order valence-corrected chi connectivity index (χ1v) is 7.85. The molecule has 3 rings (SSSR count). The average Bonchev–Trinajstić information content (AvgIpc) is 2.53. The lowest BCUT2D eigenvalue weighted by atomic mass is 9.66. The minimum absolute atomic E-state index is 0. The molecule has 1 aromatic rings. The summed E-state index contributed by atoms with van der Waals surface area (Å²) in [6.07, 6.45) is 5.16. The zero-order chi connectivity index (χ0) is 14.9. The lowest BCUT2D eigenvalue weighted by Gasteiger charge is -2.48. The molecule has 0 bridgehead atoms. The molecule has 1 saturated carbocycles. The number of hydrogen-bond acceptors (Lipinski definition) is 4. The van der Waals surface area contributed by atoms with Gasteiger partial charge in [-0.2, -0.15) is 0 Å². The molecule has 0 radical (unpaired) electrons. The van der Waals surface area contributed by atoms with Crippen LogP contribution in [0.15, 0.2) is 18.2 Å². The Kier molecular flexibility index (Phi) is 5.59. The van der Waals surface area contributed by atoms with Crippen LogP contribution in [0.1, 0.15) is 43.7 Å². The molecule has 1 heterocycles. The van der Waals surface area contributed by atoms with Gasteiger partial charge in [-0.25, -0.2) is 0 Å². The molecule has 1 aliphatic carbocycles. The van der Waals surface area contributed by atoms with Crippen molar-refractivity contribution in [2.75, 3.05) is 20.8 Å². The Morgan fingerprint density at radius 2 is 2.00 bits per heavy atom. The fourth-order valence-electron chi connectivity index (χ4n) is 4.03. The molecule has 22 heavy (non-hydrogen) atoms. The number of halogens is 1. The summed E-state index contributed by atoms with van der Waals surface area (Å²) in [4.78, 5) is 0. The highest BCUT2D eigenvalue weighted by Crippen LogP contribution is 2.47. The van der Waals surface area contributed by atoms with E-state index in [0.717, 1.165) is 49.3 Å². The third-order valence-electron chi connectivity index (χ3n) is 5.16. The first-order valence-electron chi connectivity index (χ1n) is 7.85. The molecule has 0 spiro atoms. The Balaban J connectivity index is 0.00000176. The first kappa shape index (κ1) is 17.4. The van der Waals surface area contributed by atoms with Crippen LogP contribution in [0.4, 0.5) is 0 Å². The molecule has 5 heteroatoms. The molecule has 4 nitrogen and oxygen atoms in total. The summed E-state index contributed by atoms with van der Waals surface area (Å²) in [5, 5.41) is 14.6. The Morgan fingerprint density at radius 1 is 1.18 bits per heavy atom. The SMILES string of the molecule is COc1ccc(OC)c(C2NCCC3(O)CCCCC23)c1.Cl. The van der Waals surface area contributed by atoms with Crippen molar-refractivity contribution in [1.29, 1.82) is 0 Å². The van der Waals surface area contributed by atoms with Gasteiger partial charge in [0.05, 0.1) is 19.8 Å². The van der Waals surface area contributed by atoms with Crippen LogP contribution in [0.25, 0.3) is 0 Å². The average molecular weight is 328 g/mol. The number of rotatable bonds is 3. The molecular formula is C17H26ClNO3. The number of hydrogen-bond donors (Lipinski definition) is 2. The summed E-state index contributed by atoms with van der Waals surface area (Å²) in [6, 6.07) is 6.04. The Bertz CT molecular complexity index is 507. The van der Waals surface area contributed by atoms with E-state index in [4.69, 9.17) is 9.47 Å². The van der Waals surface area contributed by atoms with E-state index in [1.807, 2.05) is 18.2 Å². The van der Waals surface area contributed by atoms with Crippen LogP contribution in [0, 0.1) is 5.92 Å². The van der Waals surface area contributed by atoms with Crippen molar-refractivity contribution in [2.24, 2.45) is 5.92 Å². The van der Waals surface area contributed by atoms with Gasteiger partial charge in [0.1, 0.15) is 11.5 Å². The predicted molar refractivity (Wildman–Crippen MR) is 89.1 cm³/mol. The number of fused-ring (bicyclic) bond motifs is 1. The number of ether oxygens (including phenoxy) is 2. The minimum Gasteiger partial charge on any atom is -0.497 e. The normalized spacial score (nSPS) is 30.9. The van der Waals surface area contributed by atoms with Gasteiger partial charge in [-0.3, -0.25) is 0 Å². The Labute approximate surface area is 138 Å². The molecule has 1 aromatic carbocycles. The second-order valence-electron chi connectivity index (χ2n) is 6.25. The summed E-state index contributed by atoms with van der Waals surface area (Å²) >= 11 is 0. The molecule has 2 fully saturated rings. The molecule has 2 N–H and O–H groups in total. The van der Waals surface area contributed by atoms with Crippen molar-refractivity contribution in [3.8, 4) is 11.5 Å². The molecule has 1 saturated heterocycles. The summed E-state index contributed by atoms with van der Waals surface area (Å²) in [7, 11) is 3.37. The van der Waals surface area contributed by atoms with Crippen LogP contribution in [0.2, 0.25) is 0 Å². The number of aliphatic hydroxyl groups is 1. The van der Waals surface area contributed by atoms with Gasteiger partial charge in [-0.1, -0.05) is 12.8 Å². The van der Waals surface area contributed by atoms with E-state index in [0.29, 0.717) is 0 Å². The number of methoxy groups -OCH3 is 2. The molecule has 2 aliphatic rings. The van der Waals surface area contributed by atoms with Crippen molar-refractivity contribution in [3.05, 3.63) is 23.8 Å². The van der Waals surface area contributed by atoms with E-state index in [-0.39, 0.29) is 24.4 Å². The lowest BCUT2D eigenvalue weighted by Crippen LogP contribution is -2.53. The summed E-state index contributed by atoms with van der Waals surface area (Å²) in [5.74, 6) is 1.95. The number of piperidine rings is 1. The topological polar surface area (TPSA) is 50.7 Å². The first-order chi connectivity index (χ1) is 10.2. The summed E-state index contributed by atoms with van der Waals surface area (Å²) < 4.78 is 10.9. The second kappa shape index (κ2) is 7.07. The summed E-state index contributed by atoms with van der Waals surface area (Å²) in [5.41, 5.74) is 0.573. The van der Waals surface area contributed by atoms with Crippen molar-refractivity contribution in [1.82, 2.24) is 5.32 Å². The monoisotopic (exact) mass is 327 g/mol. The largest absolute Gasteiger partial charge is 0.497 e. The smallest absolute Gasteiger partial charge is 0.123 e.